The van der Waals surface area contributed by atoms with Gasteiger partial charge in [-0.3, -0.25) is 0 Å². The Balaban J connectivity index is 2.10. The van der Waals surface area contributed by atoms with Crippen molar-refractivity contribution in [1.82, 2.24) is 0 Å². The fraction of sp³-hybridized carbons (Fsp3) is 0.588. The van der Waals surface area contributed by atoms with E-state index >= 15 is 0 Å². The van der Waals surface area contributed by atoms with Gasteiger partial charge in [0, 0.05) is 11.0 Å². The summed E-state index contributed by atoms with van der Waals surface area (Å²) in [7, 11) is 0. The van der Waals surface area contributed by atoms with Gasteiger partial charge in [-0.15, -0.1) is 0 Å². The minimum absolute atomic E-state index is 0.420. The molecule has 3 heteroatoms. The van der Waals surface area contributed by atoms with Crippen LogP contribution < -0.4 is 5.32 Å². The second-order valence-corrected chi connectivity index (χ2v) is 7.38. The van der Waals surface area contributed by atoms with E-state index in [1.54, 1.807) is 0 Å². The first kappa shape index (κ1) is 15.4. The van der Waals surface area contributed by atoms with Gasteiger partial charge in [0.25, 0.3) is 0 Å². The summed E-state index contributed by atoms with van der Waals surface area (Å²) in [5.41, 5.74) is 2.10. The first-order valence-corrected chi connectivity index (χ1v) is 8.27. The molecule has 0 spiro atoms. The van der Waals surface area contributed by atoms with Gasteiger partial charge in [-0.2, -0.15) is 5.26 Å². The van der Waals surface area contributed by atoms with E-state index < -0.39 is 0 Å². The van der Waals surface area contributed by atoms with E-state index in [0.717, 1.165) is 28.2 Å². The summed E-state index contributed by atoms with van der Waals surface area (Å²) in [6.45, 7) is 5.59. The molecule has 0 radical (unpaired) electrons. The van der Waals surface area contributed by atoms with E-state index in [9.17, 15) is 5.26 Å². The standard InChI is InChI=1S/C17H23BrN2/c1-13(2)10-17(7-3-4-8-17)12-20-16-9-15(18)6-5-14(16)11-19/h5-6,9,13,20H,3-4,7-8,10,12H2,1-2H3. The van der Waals surface area contributed by atoms with Crippen LogP contribution in [0.15, 0.2) is 22.7 Å². The van der Waals surface area contributed by atoms with Gasteiger partial charge in [0.1, 0.15) is 6.07 Å². The Kier molecular flexibility index (Phi) is 5.10. The van der Waals surface area contributed by atoms with E-state index in [1.165, 1.54) is 32.1 Å². The van der Waals surface area contributed by atoms with Crippen molar-refractivity contribution in [3.63, 3.8) is 0 Å². The number of anilines is 1. The van der Waals surface area contributed by atoms with Gasteiger partial charge in [-0.05, 0) is 48.8 Å². The molecule has 1 N–H and O–H groups in total. The second kappa shape index (κ2) is 6.63. The van der Waals surface area contributed by atoms with Crippen LogP contribution in [0.3, 0.4) is 0 Å². The van der Waals surface area contributed by atoms with Gasteiger partial charge in [0.2, 0.25) is 0 Å². The highest BCUT2D eigenvalue weighted by atomic mass is 79.9. The molecule has 108 valence electrons. The zero-order valence-corrected chi connectivity index (χ0v) is 14.0. The number of nitriles is 1. The molecule has 0 aromatic heterocycles. The van der Waals surface area contributed by atoms with Crippen molar-refractivity contribution in [2.24, 2.45) is 11.3 Å². The van der Waals surface area contributed by atoms with Crippen molar-refractivity contribution in [1.29, 1.82) is 5.26 Å². The van der Waals surface area contributed by atoms with Gasteiger partial charge in [-0.1, -0.05) is 42.6 Å². The fourth-order valence-corrected chi connectivity index (χ4v) is 3.85. The first-order valence-electron chi connectivity index (χ1n) is 7.48. The summed E-state index contributed by atoms with van der Waals surface area (Å²) >= 11 is 3.48. The number of halogens is 1. The van der Waals surface area contributed by atoms with Crippen LogP contribution in [0.25, 0.3) is 0 Å². The van der Waals surface area contributed by atoms with Crippen LogP contribution in [-0.2, 0) is 0 Å². The predicted octanol–water partition coefficient (Wildman–Crippen LogP) is 5.34. The first-order chi connectivity index (χ1) is 9.54. The van der Waals surface area contributed by atoms with Gasteiger partial charge in [0.05, 0.1) is 11.3 Å². The summed E-state index contributed by atoms with van der Waals surface area (Å²) in [5, 5.41) is 12.7. The average Bonchev–Trinajstić information content (AvgIpc) is 2.84. The molecule has 1 aromatic rings. The number of hydrogen-bond acceptors (Lipinski definition) is 2. The van der Waals surface area contributed by atoms with Gasteiger partial charge in [-0.25, -0.2) is 0 Å². The minimum Gasteiger partial charge on any atom is -0.383 e. The summed E-state index contributed by atoms with van der Waals surface area (Å²) in [6, 6.07) is 8.07. The highest BCUT2D eigenvalue weighted by molar-refractivity contribution is 9.10. The van der Waals surface area contributed by atoms with Crippen molar-refractivity contribution in [2.75, 3.05) is 11.9 Å². The van der Waals surface area contributed by atoms with E-state index in [4.69, 9.17) is 0 Å². The van der Waals surface area contributed by atoms with Crippen LogP contribution in [-0.4, -0.2) is 6.54 Å². The molecule has 0 aliphatic heterocycles. The lowest BCUT2D eigenvalue weighted by molar-refractivity contribution is 0.252. The Labute approximate surface area is 130 Å². The predicted molar refractivity (Wildman–Crippen MR) is 87.7 cm³/mol. The third-order valence-corrected chi connectivity index (χ3v) is 4.75. The summed E-state index contributed by atoms with van der Waals surface area (Å²) in [4.78, 5) is 0. The van der Waals surface area contributed by atoms with E-state index in [2.05, 4.69) is 41.2 Å². The molecular formula is C17H23BrN2. The Morgan fingerprint density at radius 2 is 2.05 bits per heavy atom. The van der Waals surface area contributed by atoms with Crippen LogP contribution >= 0.6 is 15.9 Å². The number of hydrogen-bond donors (Lipinski definition) is 1. The summed E-state index contributed by atoms with van der Waals surface area (Å²) < 4.78 is 1.02. The maximum atomic E-state index is 9.21. The zero-order chi connectivity index (χ0) is 14.6. The van der Waals surface area contributed by atoms with Gasteiger partial charge in [0.15, 0.2) is 0 Å². The topological polar surface area (TPSA) is 35.8 Å². The maximum absolute atomic E-state index is 9.21. The zero-order valence-electron chi connectivity index (χ0n) is 12.4. The van der Waals surface area contributed by atoms with Crippen molar-refractivity contribution in [3.8, 4) is 6.07 Å². The van der Waals surface area contributed by atoms with E-state index in [-0.39, 0.29) is 0 Å². The highest BCUT2D eigenvalue weighted by Gasteiger charge is 2.34. The van der Waals surface area contributed by atoms with Crippen molar-refractivity contribution < 1.29 is 0 Å². The lowest BCUT2D eigenvalue weighted by Crippen LogP contribution is -2.28. The van der Waals surface area contributed by atoms with Crippen LogP contribution in [0, 0.1) is 22.7 Å². The molecule has 2 rings (SSSR count). The third kappa shape index (κ3) is 3.76. The highest BCUT2D eigenvalue weighted by Crippen LogP contribution is 2.43. The number of nitrogens with zero attached hydrogens (tertiary/aromatic N) is 1. The minimum atomic E-state index is 0.420. The van der Waals surface area contributed by atoms with Crippen LogP contribution in [0.4, 0.5) is 5.69 Å². The molecule has 0 saturated heterocycles. The van der Waals surface area contributed by atoms with Crippen LogP contribution in [0.5, 0.6) is 0 Å². The quantitative estimate of drug-likeness (QED) is 0.788. The van der Waals surface area contributed by atoms with Crippen LogP contribution in [0.1, 0.15) is 51.5 Å². The number of benzene rings is 1. The molecule has 1 aliphatic rings. The largest absolute Gasteiger partial charge is 0.383 e. The molecule has 0 amide bonds. The SMILES string of the molecule is CC(C)CC1(CNc2cc(Br)ccc2C#N)CCCC1. The fourth-order valence-electron chi connectivity index (χ4n) is 3.49. The molecule has 1 aromatic carbocycles. The molecule has 2 nitrogen and oxygen atoms in total. The second-order valence-electron chi connectivity index (χ2n) is 6.46. The lowest BCUT2D eigenvalue weighted by Gasteiger charge is -2.31. The lowest BCUT2D eigenvalue weighted by atomic mass is 9.78. The molecule has 0 atom stereocenters. The monoisotopic (exact) mass is 334 g/mol. The molecule has 1 aliphatic carbocycles. The molecule has 20 heavy (non-hydrogen) atoms. The number of nitrogens with one attached hydrogen (secondary N) is 1. The van der Waals surface area contributed by atoms with E-state index in [0.29, 0.717) is 5.41 Å². The molecule has 0 heterocycles. The maximum Gasteiger partial charge on any atom is 0.101 e. The average molecular weight is 335 g/mol. The molecule has 0 bridgehead atoms. The van der Waals surface area contributed by atoms with Gasteiger partial charge >= 0.3 is 0 Å². The summed E-state index contributed by atoms with van der Waals surface area (Å²) in [5.74, 6) is 0.729. The molecule has 1 saturated carbocycles. The van der Waals surface area contributed by atoms with Crippen molar-refractivity contribution in [2.45, 2.75) is 46.0 Å². The molecule has 1 fully saturated rings. The number of rotatable bonds is 5. The molecule has 0 unspecified atom stereocenters. The Hall–Kier alpha value is -1.01. The van der Waals surface area contributed by atoms with Crippen molar-refractivity contribution in [3.05, 3.63) is 28.2 Å². The normalized spacial score (nSPS) is 17.1. The summed E-state index contributed by atoms with van der Waals surface area (Å²) in [6.07, 6.45) is 6.59. The van der Waals surface area contributed by atoms with Gasteiger partial charge < -0.3 is 5.32 Å². The Morgan fingerprint density at radius 1 is 1.35 bits per heavy atom. The molecular weight excluding hydrogens is 312 g/mol. The van der Waals surface area contributed by atoms with Crippen LogP contribution in [0.2, 0.25) is 0 Å². The Morgan fingerprint density at radius 3 is 2.65 bits per heavy atom. The third-order valence-electron chi connectivity index (χ3n) is 4.26. The Bertz CT molecular complexity index is 496. The smallest absolute Gasteiger partial charge is 0.101 e. The van der Waals surface area contributed by atoms with Crippen molar-refractivity contribution >= 4 is 21.6 Å². The van der Waals surface area contributed by atoms with E-state index in [1.807, 2.05) is 18.2 Å².